The van der Waals surface area contributed by atoms with Gasteiger partial charge in [-0.3, -0.25) is 0 Å². The summed E-state index contributed by atoms with van der Waals surface area (Å²) in [5.74, 6) is 0.0240. The Morgan fingerprint density at radius 3 is 2.32 bits per heavy atom. The maximum Gasteiger partial charge on any atom is 0.358 e. The second-order valence-corrected chi connectivity index (χ2v) is 8.54. The van der Waals surface area contributed by atoms with E-state index in [2.05, 4.69) is 0 Å². The predicted molar refractivity (Wildman–Crippen MR) is 121 cm³/mol. The fourth-order valence-corrected chi connectivity index (χ4v) is 5.02. The summed E-state index contributed by atoms with van der Waals surface area (Å²) in [6.45, 7) is 2.52. The highest BCUT2D eigenvalue weighted by Crippen LogP contribution is 2.41. The Morgan fingerprint density at radius 1 is 1.00 bits per heavy atom. The van der Waals surface area contributed by atoms with Crippen LogP contribution in [-0.4, -0.2) is 28.8 Å². The number of aromatic hydroxyl groups is 1. The van der Waals surface area contributed by atoms with Gasteiger partial charge in [0.25, 0.3) is 0 Å². The molecule has 2 aliphatic rings. The lowest BCUT2D eigenvalue weighted by molar-refractivity contribution is -0.154. The van der Waals surface area contributed by atoms with Crippen LogP contribution in [0.25, 0.3) is 0 Å². The summed E-state index contributed by atoms with van der Waals surface area (Å²) in [7, 11) is 0. The number of carbonyl (C=O) groups excluding carboxylic acids is 1. The van der Waals surface area contributed by atoms with Gasteiger partial charge in [-0.2, -0.15) is 0 Å². The number of nitrogens with zero attached hydrogens (tertiary/aromatic N) is 1. The number of aliphatic hydroxyl groups excluding tert-OH is 1. The Kier molecular flexibility index (Phi) is 6.50. The van der Waals surface area contributed by atoms with E-state index in [1.54, 1.807) is 12.1 Å². The molecular formula is C26H31NO4. The predicted octanol–water partition coefficient (Wildman–Crippen LogP) is 5.35. The number of hydrogen-bond donors (Lipinski definition) is 2. The second-order valence-electron chi connectivity index (χ2n) is 8.54. The zero-order valence-electron chi connectivity index (χ0n) is 18.0. The van der Waals surface area contributed by atoms with E-state index in [-0.39, 0.29) is 29.2 Å². The molecule has 0 spiro atoms. The third kappa shape index (κ3) is 4.55. The van der Waals surface area contributed by atoms with Gasteiger partial charge in [-0.15, -0.1) is 0 Å². The molecule has 2 N–H and O–H groups in total. The summed E-state index contributed by atoms with van der Waals surface area (Å²) < 4.78 is 6.04. The van der Waals surface area contributed by atoms with E-state index < -0.39 is 5.97 Å². The zero-order chi connectivity index (χ0) is 21.8. The molecule has 2 aromatic rings. The van der Waals surface area contributed by atoms with Gasteiger partial charge in [0, 0.05) is 12.2 Å². The first-order valence-corrected chi connectivity index (χ1v) is 11.3. The molecule has 1 aliphatic carbocycles. The molecule has 4 rings (SSSR count). The number of rotatable bonds is 7. The number of ether oxygens (including phenoxy) is 1. The third-order valence-corrected chi connectivity index (χ3v) is 6.63. The first-order valence-electron chi connectivity index (χ1n) is 11.3. The number of aryl methyl sites for hydroxylation is 1. The van der Waals surface area contributed by atoms with Crippen molar-refractivity contribution in [3.8, 4) is 5.75 Å². The van der Waals surface area contributed by atoms with Crippen molar-refractivity contribution in [2.75, 3.05) is 11.4 Å². The molecule has 5 nitrogen and oxygen atoms in total. The lowest BCUT2D eigenvalue weighted by Gasteiger charge is -2.38. The van der Waals surface area contributed by atoms with Gasteiger partial charge in [-0.25, -0.2) is 4.79 Å². The minimum atomic E-state index is -0.430. The van der Waals surface area contributed by atoms with Crippen LogP contribution in [0.3, 0.4) is 0 Å². The Labute approximate surface area is 184 Å². The summed E-state index contributed by atoms with van der Waals surface area (Å²) in [5, 5.41) is 21.0. The molecule has 1 fully saturated rings. The van der Waals surface area contributed by atoms with Gasteiger partial charge in [0.15, 0.2) is 5.70 Å². The number of cyclic esters (lactones) is 1. The van der Waals surface area contributed by atoms with Crippen LogP contribution in [0.5, 0.6) is 5.75 Å². The van der Waals surface area contributed by atoms with E-state index in [0.29, 0.717) is 18.9 Å². The van der Waals surface area contributed by atoms with Gasteiger partial charge in [-0.1, -0.05) is 43.2 Å². The molecule has 0 saturated heterocycles. The molecule has 0 amide bonds. The molecule has 2 unspecified atom stereocenters. The highest BCUT2D eigenvalue weighted by Gasteiger charge is 2.44. The number of phenolic OH excluding ortho intramolecular Hbond substituents is 1. The molecule has 31 heavy (non-hydrogen) atoms. The van der Waals surface area contributed by atoms with Crippen LogP contribution < -0.4 is 4.90 Å². The van der Waals surface area contributed by atoms with Gasteiger partial charge < -0.3 is 19.8 Å². The van der Waals surface area contributed by atoms with Crippen molar-refractivity contribution in [3.63, 3.8) is 0 Å². The van der Waals surface area contributed by atoms with Crippen LogP contribution in [-0.2, 0) is 16.0 Å². The molecule has 0 aromatic heterocycles. The van der Waals surface area contributed by atoms with Crippen molar-refractivity contribution < 1.29 is 19.7 Å². The van der Waals surface area contributed by atoms with Crippen molar-refractivity contribution >= 4 is 11.7 Å². The number of phenols is 1. The average Bonchev–Trinajstić information content (AvgIpc) is 3.32. The van der Waals surface area contributed by atoms with Gasteiger partial charge >= 0.3 is 5.97 Å². The van der Waals surface area contributed by atoms with E-state index in [0.717, 1.165) is 43.4 Å². The number of carbonyl (C=O) groups is 1. The summed E-state index contributed by atoms with van der Waals surface area (Å²) in [6.07, 6.45) is 5.49. The van der Waals surface area contributed by atoms with Crippen molar-refractivity contribution in [2.45, 2.75) is 51.6 Å². The largest absolute Gasteiger partial charge is 0.509 e. The number of hydrogen-bond acceptors (Lipinski definition) is 5. The van der Waals surface area contributed by atoms with Crippen molar-refractivity contribution in [3.05, 3.63) is 71.6 Å². The number of para-hydroxylation sites is 1. The fourth-order valence-electron chi connectivity index (χ4n) is 5.02. The normalized spacial score (nSPS) is 21.9. The number of aliphatic hydroxyl groups is 1. The molecule has 1 aliphatic heterocycles. The highest BCUT2D eigenvalue weighted by atomic mass is 16.5. The van der Waals surface area contributed by atoms with E-state index in [9.17, 15) is 15.0 Å². The van der Waals surface area contributed by atoms with Crippen LogP contribution >= 0.6 is 0 Å². The summed E-state index contributed by atoms with van der Waals surface area (Å²) in [5.41, 5.74) is 2.21. The van der Waals surface area contributed by atoms with Crippen molar-refractivity contribution in [2.24, 2.45) is 11.8 Å². The zero-order valence-corrected chi connectivity index (χ0v) is 18.0. The number of likely N-dealkylation sites (N-methyl/N-ethyl adjacent to an activating group) is 1. The standard InChI is InChI=1S/C26H31NO4/c1-2-27(20-10-4-3-5-11-20)23-24(29)22(17-14-18-12-15-21(28)16-13-18)25(31-26(23)30)19-8-6-7-9-19/h3-5,10-13,15-16,19,22,25,28-29H,2,6-9,14,17H2,1H3. The lowest BCUT2D eigenvalue weighted by atomic mass is 9.82. The van der Waals surface area contributed by atoms with Crippen LogP contribution in [0.4, 0.5) is 5.69 Å². The van der Waals surface area contributed by atoms with Gasteiger partial charge in [0.1, 0.15) is 17.6 Å². The molecule has 2 aromatic carbocycles. The molecule has 2 atom stereocenters. The average molecular weight is 422 g/mol. The molecule has 164 valence electrons. The Morgan fingerprint density at radius 2 is 1.68 bits per heavy atom. The van der Waals surface area contributed by atoms with Crippen molar-refractivity contribution in [1.82, 2.24) is 0 Å². The van der Waals surface area contributed by atoms with Gasteiger partial charge in [0.2, 0.25) is 0 Å². The fraction of sp³-hybridized carbons (Fsp3) is 0.423. The van der Waals surface area contributed by atoms with Crippen molar-refractivity contribution in [1.29, 1.82) is 0 Å². The number of anilines is 1. The first-order chi connectivity index (χ1) is 15.1. The monoisotopic (exact) mass is 421 g/mol. The van der Waals surface area contributed by atoms with Crippen LogP contribution in [0, 0.1) is 11.8 Å². The molecular weight excluding hydrogens is 390 g/mol. The van der Waals surface area contributed by atoms with E-state index in [1.807, 2.05) is 54.3 Å². The Balaban J connectivity index is 1.66. The van der Waals surface area contributed by atoms with E-state index in [1.165, 1.54) is 0 Å². The third-order valence-electron chi connectivity index (χ3n) is 6.63. The molecule has 1 heterocycles. The first kappa shape index (κ1) is 21.3. The van der Waals surface area contributed by atoms with E-state index in [4.69, 9.17) is 4.74 Å². The maximum absolute atomic E-state index is 13.1. The Hall–Kier alpha value is -2.95. The Bertz CT molecular complexity index is 916. The van der Waals surface area contributed by atoms with Crippen LogP contribution in [0.1, 0.15) is 44.6 Å². The minimum absolute atomic E-state index is 0.151. The second kappa shape index (κ2) is 9.46. The molecule has 5 heteroatoms. The minimum Gasteiger partial charge on any atom is -0.509 e. The topological polar surface area (TPSA) is 70.0 Å². The lowest BCUT2D eigenvalue weighted by Crippen LogP contribution is -2.44. The number of benzene rings is 2. The van der Waals surface area contributed by atoms with Gasteiger partial charge in [0.05, 0.1) is 5.92 Å². The smallest absolute Gasteiger partial charge is 0.358 e. The SMILES string of the molecule is CCN(C1=C(O)C(CCc2ccc(O)cc2)C(C2CCCC2)OC1=O)c1ccccc1. The number of esters is 1. The summed E-state index contributed by atoms with van der Waals surface area (Å²) in [4.78, 5) is 14.9. The van der Waals surface area contributed by atoms with Crippen LogP contribution in [0.15, 0.2) is 66.1 Å². The maximum atomic E-state index is 13.1. The molecule has 1 saturated carbocycles. The summed E-state index contributed by atoms with van der Waals surface area (Å²) >= 11 is 0. The van der Waals surface area contributed by atoms with E-state index >= 15 is 0 Å². The molecule has 0 radical (unpaired) electrons. The molecule has 0 bridgehead atoms. The van der Waals surface area contributed by atoms with Crippen LogP contribution in [0.2, 0.25) is 0 Å². The highest BCUT2D eigenvalue weighted by molar-refractivity contribution is 5.94. The summed E-state index contributed by atoms with van der Waals surface area (Å²) in [6, 6.07) is 16.8. The van der Waals surface area contributed by atoms with Gasteiger partial charge in [-0.05, 0) is 68.4 Å². The quantitative estimate of drug-likeness (QED) is 0.590.